The van der Waals surface area contributed by atoms with Crippen LogP contribution in [0, 0.1) is 11.3 Å². The van der Waals surface area contributed by atoms with Crippen molar-refractivity contribution in [1.82, 2.24) is 15.2 Å². The summed E-state index contributed by atoms with van der Waals surface area (Å²) in [4.78, 5) is 17.5. The maximum Gasteiger partial charge on any atom is 0.244 e. The van der Waals surface area contributed by atoms with Crippen molar-refractivity contribution in [2.45, 2.75) is 38.5 Å². The van der Waals surface area contributed by atoms with Gasteiger partial charge in [0.1, 0.15) is 0 Å². The van der Waals surface area contributed by atoms with Crippen LogP contribution in [0.2, 0.25) is 0 Å². The van der Waals surface area contributed by atoms with Gasteiger partial charge >= 0.3 is 0 Å². The van der Waals surface area contributed by atoms with Gasteiger partial charge in [-0.25, -0.2) is 5.84 Å². The van der Waals surface area contributed by atoms with Gasteiger partial charge in [-0.3, -0.25) is 15.1 Å². The molecule has 3 N–H and O–H groups in total. The van der Waals surface area contributed by atoms with Crippen LogP contribution in [0.3, 0.4) is 0 Å². The molecule has 0 radical (unpaired) electrons. The van der Waals surface area contributed by atoms with Gasteiger partial charge in [-0.1, -0.05) is 37.5 Å². The second-order valence-corrected chi connectivity index (χ2v) is 7.74. The molecule has 0 aromatic rings. The molecule has 134 valence electrons. The lowest BCUT2D eigenvalue weighted by molar-refractivity contribution is -0.131. The predicted molar refractivity (Wildman–Crippen MR) is 97.1 cm³/mol. The van der Waals surface area contributed by atoms with Crippen molar-refractivity contribution in [2.24, 2.45) is 17.2 Å². The highest BCUT2D eigenvalue weighted by atomic mass is 16.2. The monoisotopic (exact) mass is 332 g/mol. The number of carbonyl (C=O) groups is 1. The summed E-state index contributed by atoms with van der Waals surface area (Å²) < 4.78 is 0. The summed E-state index contributed by atoms with van der Waals surface area (Å²) in [6.07, 6.45) is 13.5. The van der Waals surface area contributed by atoms with Crippen molar-refractivity contribution >= 4 is 5.91 Å². The van der Waals surface area contributed by atoms with Gasteiger partial charge in [0.05, 0.1) is 5.41 Å². The number of hydrogen-bond donors (Lipinski definition) is 2. The average Bonchev–Trinajstić information content (AvgIpc) is 2.64. The zero-order chi connectivity index (χ0) is 17.0. The number of hydrazine groups is 1. The molecule has 1 aliphatic heterocycles. The van der Waals surface area contributed by atoms with Crippen LogP contribution >= 0.6 is 0 Å². The molecule has 24 heavy (non-hydrogen) atoms. The van der Waals surface area contributed by atoms with Crippen molar-refractivity contribution in [1.29, 1.82) is 0 Å². The van der Waals surface area contributed by atoms with Crippen molar-refractivity contribution in [3.05, 3.63) is 23.8 Å². The third-order valence-electron chi connectivity index (χ3n) is 6.19. The average molecular weight is 332 g/mol. The summed E-state index contributed by atoms with van der Waals surface area (Å²) in [5.41, 5.74) is 3.35. The van der Waals surface area contributed by atoms with Gasteiger partial charge < -0.3 is 4.90 Å². The van der Waals surface area contributed by atoms with Gasteiger partial charge in [0.25, 0.3) is 0 Å². The van der Waals surface area contributed by atoms with Crippen LogP contribution in [0.15, 0.2) is 23.8 Å². The highest BCUT2D eigenvalue weighted by molar-refractivity contribution is 5.85. The van der Waals surface area contributed by atoms with E-state index < -0.39 is 5.41 Å². The minimum absolute atomic E-state index is 0.0134. The summed E-state index contributed by atoms with van der Waals surface area (Å²) in [6, 6.07) is 0. The molecule has 0 spiro atoms. The lowest BCUT2D eigenvalue weighted by Crippen LogP contribution is -2.48. The van der Waals surface area contributed by atoms with E-state index in [2.05, 4.69) is 40.5 Å². The molecule has 0 aromatic carbocycles. The molecular formula is C19H32N4O. The van der Waals surface area contributed by atoms with E-state index in [1.54, 1.807) is 0 Å². The number of likely N-dealkylation sites (N-methyl/N-ethyl adjacent to an activating group) is 1. The van der Waals surface area contributed by atoms with Crippen LogP contribution in [0.5, 0.6) is 0 Å². The number of amides is 1. The molecule has 1 saturated heterocycles. The Morgan fingerprint density at radius 3 is 2.54 bits per heavy atom. The van der Waals surface area contributed by atoms with Crippen LogP contribution in [-0.2, 0) is 4.79 Å². The number of nitrogens with zero attached hydrogens (tertiary/aromatic N) is 2. The fourth-order valence-electron chi connectivity index (χ4n) is 4.48. The number of carbonyl (C=O) groups excluding carboxylic acids is 1. The van der Waals surface area contributed by atoms with E-state index >= 15 is 0 Å². The van der Waals surface area contributed by atoms with Crippen LogP contribution in [0.4, 0.5) is 0 Å². The quantitative estimate of drug-likeness (QED) is 0.467. The molecule has 1 amide bonds. The van der Waals surface area contributed by atoms with Gasteiger partial charge in [-0.15, -0.1) is 0 Å². The zero-order valence-corrected chi connectivity index (χ0v) is 15.0. The van der Waals surface area contributed by atoms with Crippen molar-refractivity contribution in [2.75, 3.05) is 39.8 Å². The molecule has 3 rings (SSSR count). The first kappa shape index (κ1) is 17.6. The molecule has 5 nitrogen and oxygen atoms in total. The molecule has 1 unspecified atom stereocenters. The summed E-state index contributed by atoms with van der Waals surface area (Å²) in [5.74, 6) is 5.94. The molecule has 3 aliphatic rings. The highest BCUT2D eigenvalue weighted by Crippen LogP contribution is 2.45. The lowest BCUT2D eigenvalue weighted by Gasteiger charge is -2.40. The molecular weight excluding hydrogens is 300 g/mol. The molecule has 2 fully saturated rings. The van der Waals surface area contributed by atoms with E-state index in [1.807, 2.05) is 0 Å². The van der Waals surface area contributed by atoms with E-state index in [0.29, 0.717) is 5.92 Å². The Kier molecular flexibility index (Phi) is 5.74. The summed E-state index contributed by atoms with van der Waals surface area (Å²) in [7, 11) is 2.18. The van der Waals surface area contributed by atoms with Crippen LogP contribution in [0.25, 0.3) is 0 Å². The minimum atomic E-state index is -0.430. The Morgan fingerprint density at radius 1 is 1.25 bits per heavy atom. The lowest BCUT2D eigenvalue weighted by atomic mass is 9.64. The van der Waals surface area contributed by atoms with E-state index in [4.69, 9.17) is 5.84 Å². The van der Waals surface area contributed by atoms with E-state index in [0.717, 1.165) is 52.0 Å². The van der Waals surface area contributed by atoms with Crippen LogP contribution < -0.4 is 11.3 Å². The molecule has 1 heterocycles. The first-order valence-electron chi connectivity index (χ1n) is 9.44. The molecule has 1 atom stereocenters. The van der Waals surface area contributed by atoms with Gasteiger partial charge in [-0.2, -0.15) is 0 Å². The topological polar surface area (TPSA) is 61.6 Å². The predicted octanol–water partition coefficient (Wildman–Crippen LogP) is 1.68. The minimum Gasteiger partial charge on any atom is -0.304 e. The number of piperazine rings is 1. The smallest absolute Gasteiger partial charge is 0.244 e. The fourth-order valence-corrected chi connectivity index (χ4v) is 4.48. The first-order valence-corrected chi connectivity index (χ1v) is 9.44. The normalized spacial score (nSPS) is 30.2. The number of hydrogen-bond acceptors (Lipinski definition) is 4. The first-order chi connectivity index (χ1) is 11.6. The zero-order valence-electron chi connectivity index (χ0n) is 15.0. The third-order valence-corrected chi connectivity index (χ3v) is 6.19. The van der Waals surface area contributed by atoms with Crippen molar-refractivity contribution < 1.29 is 4.79 Å². The molecule has 0 aromatic heterocycles. The third kappa shape index (κ3) is 3.73. The Bertz CT molecular complexity index is 501. The van der Waals surface area contributed by atoms with E-state index in [1.165, 1.54) is 24.8 Å². The summed E-state index contributed by atoms with van der Waals surface area (Å²) >= 11 is 0. The van der Waals surface area contributed by atoms with E-state index in [9.17, 15) is 4.79 Å². The van der Waals surface area contributed by atoms with Gasteiger partial charge in [-0.05, 0) is 37.8 Å². The van der Waals surface area contributed by atoms with Gasteiger partial charge in [0.15, 0.2) is 0 Å². The second kappa shape index (κ2) is 7.81. The molecule has 5 heteroatoms. The standard InChI is InChI=1S/C19H32N4O/c1-22-11-13-23(14-12-22)15-16-7-9-19(10-8-16,18(24)21-20)17-5-3-2-4-6-17/h7-9,17H,2-6,10-15,20H2,1H3,(H,21,24). The van der Waals surface area contributed by atoms with Gasteiger partial charge in [0, 0.05) is 32.7 Å². The summed E-state index contributed by atoms with van der Waals surface area (Å²) in [5, 5.41) is 0. The number of rotatable bonds is 4. The molecule has 2 aliphatic carbocycles. The largest absolute Gasteiger partial charge is 0.304 e. The fraction of sp³-hybridized carbons (Fsp3) is 0.737. The molecule has 0 bridgehead atoms. The number of nitrogens with one attached hydrogen (secondary N) is 1. The summed E-state index contributed by atoms with van der Waals surface area (Å²) in [6.45, 7) is 5.52. The Morgan fingerprint density at radius 2 is 1.96 bits per heavy atom. The maximum atomic E-state index is 12.6. The number of nitrogens with two attached hydrogens (primary N) is 1. The SMILES string of the molecule is CN1CCN(CC2=CCC(C(=O)NN)(C3CCCCC3)C=C2)CC1. The Hall–Kier alpha value is -1.17. The number of allylic oxidation sites excluding steroid dienone is 1. The maximum absolute atomic E-state index is 12.6. The second-order valence-electron chi connectivity index (χ2n) is 7.74. The Labute approximate surface area is 145 Å². The molecule has 1 saturated carbocycles. The van der Waals surface area contributed by atoms with Crippen LogP contribution in [-0.4, -0.2) is 55.5 Å². The van der Waals surface area contributed by atoms with E-state index in [-0.39, 0.29) is 5.91 Å². The van der Waals surface area contributed by atoms with Gasteiger partial charge in [0.2, 0.25) is 5.91 Å². The van der Waals surface area contributed by atoms with Crippen molar-refractivity contribution in [3.8, 4) is 0 Å². The Balaban J connectivity index is 1.66. The van der Waals surface area contributed by atoms with Crippen molar-refractivity contribution in [3.63, 3.8) is 0 Å². The highest BCUT2D eigenvalue weighted by Gasteiger charge is 2.43. The van der Waals surface area contributed by atoms with Crippen LogP contribution in [0.1, 0.15) is 38.5 Å².